The van der Waals surface area contributed by atoms with Crippen LogP contribution in [0.2, 0.25) is 10.0 Å². The van der Waals surface area contributed by atoms with Crippen LogP contribution in [-0.2, 0) is 19.6 Å². The summed E-state index contributed by atoms with van der Waals surface area (Å²) in [5.74, 6) is -0.187. The lowest BCUT2D eigenvalue weighted by molar-refractivity contribution is -0.122. The molecule has 212 valence electrons. The quantitative estimate of drug-likeness (QED) is 0.304. The number of rotatable bonds is 9. The summed E-state index contributed by atoms with van der Waals surface area (Å²) in [7, 11) is -3.62. The van der Waals surface area contributed by atoms with E-state index in [0.29, 0.717) is 46.0 Å². The predicted octanol–water partition coefficient (Wildman–Crippen LogP) is 6.42. The molecule has 3 aromatic carbocycles. The molecule has 1 unspecified atom stereocenters. The van der Waals surface area contributed by atoms with E-state index in [1.807, 2.05) is 13.8 Å². The van der Waals surface area contributed by atoms with Gasteiger partial charge >= 0.3 is 0 Å². The normalized spacial score (nSPS) is 15.5. The van der Waals surface area contributed by atoms with Gasteiger partial charge in [0, 0.05) is 41.8 Å². The Morgan fingerprint density at radius 3 is 2.23 bits per heavy atom. The highest BCUT2D eigenvalue weighted by Crippen LogP contribution is 2.37. The predicted molar refractivity (Wildman–Crippen MR) is 158 cm³/mol. The Bertz CT molecular complexity index is 1520. The average molecular weight is 605 g/mol. The van der Waals surface area contributed by atoms with Gasteiger partial charge in [0.25, 0.3) is 0 Å². The van der Waals surface area contributed by atoms with E-state index in [0.717, 1.165) is 11.1 Å². The van der Waals surface area contributed by atoms with Crippen LogP contribution >= 0.6 is 23.2 Å². The van der Waals surface area contributed by atoms with Crippen molar-refractivity contribution in [1.82, 2.24) is 4.31 Å². The number of carbonyl (C=O) groups is 2. The molecule has 0 bridgehead atoms. The number of amides is 2. The standard InChI is InChI=1S/C29H31Cl2N3O5S/c1-5-33(6-2)40(37,38)24-10-8-23(9-11-24)34-17-20(15-27(34)35)29(36)32-25-16-21(30)7-12-26(25)39-28-18(3)13-22(31)14-19(28)4/h7-14,16,20H,5-6,15,17H2,1-4H3,(H,32,36). The molecule has 1 heterocycles. The molecule has 1 N–H and O–H groups in total. The summed E-state index contributed by atoms with van der Waals surface area (Å²) < 4.78 is 33.1. The van der Waals surface area contributed by atoms with Crippen LogP contribution < -0.4 is 15.0 Å². The fourth-order valence-corrected chi connectivity index (χ4v) is 6.69. The molecule has 1 aliphatic rings. The Hall–Kier alpha value is -3.11. The van der Waals surface area contributed by atoms with Crippen molar-refractivity contribution in [3.63, 3.8) is 0 Å². The minimum Gasteiger partial charge on any atom is -0.455 e. The second kappa shape index (κ2) is 12.2. The Morgan fingerprint density at radius 2 is 1.62 bits per heavy atom. The van der Waals surface area contributed by atoms with Crippen molar-refractivity contribution in [2.24, 2.45) is 5.92 Å². The maximum absolute atomic E-state index is 13.3. The van der Waals surface area contributed by atoms with E-state index in [1.165, 1.54) is 21.3 Å². The van der Waals surface area contributed by atoms with E-state index in [-0.39, 0.29) is 29.7 Å². The SMILES string of the molecule is CCN(CC)S(=O)(=O)c1ccc(N2CC(C(=O)Nc3cc(Cl)ccc3Oc3c(C)cc(Cl)cc3C)CC2=O)cc1. The highest BCUT2D eigenvalue weighted by Gasteiger charge is 2.36. The van der Waals surface area contributed by atoms with Crippen LogP contribution in [0.3, 0.4) is 0 Å². The molecule has 1 aliphatic heterocycles. The minimum atomic E-state index is -3.62. The zero-order valence-corrected chi connectivity index (χ0v) is 25.0. The summed E-state index contributed by atoms with van der Waals surface area (Å²) in [5.41, 5.74) is 2.58. The van der Waals surface area contributed by atoms with E-state index in [2.05, 4.69) is 5.32 Å². The highest BCUT2D eigenvalue weighted by molar-refractivity contribution is 7.89. The van der Waals surface area contributed by atoms with Crippen molar-refractivity contribution >= 4 is 56.4 Å². The third-order valence-corrected chi connectivity index (χ3v) is 9.34. The van der Waals surface area contributed by atoms with Gasteiger partial charge in [-0.05, 0) is 79.6 Å². The second-order valence-corrected chi connectivity index (χ2v) is 12.4. The summed E-state index contributed by atoms with van der Waals surface area (Å²) in [6, 6.07) is 14.7. The van der Waals surface area contributed by atoms with Gasteiger partial charge in [-0.25, -0.2) is 8.42 Å². The Kier molecular flexibility index (Phi) is 9.09. The second-order valence-electron chi connectivity index (χ2n) is 9.59. The van der Waals surface area contributed by atoms with Crippen molar-refractivity contribution in [2.75, 3.05) is 29.9 Å². The van der Waals surface area contributed by atoms with Crippen LogP contribution in [0.1, 0.15) is 31.4 Å². The number of nitrogens with one attached hydrogen (secondary N) is 1. The van der Waals surface area contributed by atoms with Crippen molar-refractivity contribution in [2.45, 2.75) is 39.0 Å². The van der Waals surface area contributed by atoms with Gasteiger partial charge in [-0.15, -0.1) is 0 Å². The molecule has 3 aromatic rings. The summed E-state index contributed by atoms with van der Waals surface area (Å²) in [5, 5.41) is 3.89. The van der Waals surface area contributed by atoms with Gasteiger partial charge in [-0.3, -0.25) is 9.59 Å². The summed E-state index contributed by atoms with van der Waals surface area (Å²) in [6.07, 6.45) is 0.0114. The van der Waals surface area contributed by atoms with Gasteiger partial charge in [0.05, 0.1) is 16.5 Å². The maximum Gasteiger partial charge on any atom is 0.243 e. The molecule has 8 nitrogen and oxygen atoms in total. The number of aryl methyl sites for hydroxylation is 2. The fourth-order valence-electron chi connectivity index (χ4n) is 4.74. The summed E-state index contributed by atoms with van der Waals surface area (Å²) in [6.45, 7) is 8.20. The van der Waals surface area contributed by atoms with E-state index in [1.54, 1.807) is 56.3 Å². The van der Waals surface area contributed by atoms with Crippen LogP contribution in [0.5, 0.6) is 11.5 Å². The Morgan fingerprint density at radius 1 is 1.00 bits per heavy atom. The number of hydrogen-bond acceptors (Lipinski definition) is 5. The molecule has 2 amide bonds. The van der Waals surface area contributed by atoms with Crippen molar-refractivity contribution < 1.29 is 22.7 Å². The lowest BCUT2D eigenvalue weighted by Gasteiger charge is -2.20. The zero-order chi connectivity index (χ0) is 29.2. The number of sulfonamides is 1. The number of nitrogens with zero attached hydrogens (tertiary/aromatic N) is 2. The molecule has 0 spiro atoms. The van der Waals surface area contributed by atoms with Crippen molar-refractivity contribution in [3.8, 4) is 11.5 Å². The monoisotopic (exact) mass is 603 g/mol. The topological polar surface area (TPSA) is 96.0 Å². The van der Waals surface area contributed by atoms with Crippen LogP contribution in [0.15, 0.2) is 59.5 Å². The molecule has 0 radical (unpaired) electrons. The van der Waals surface area contributed by atoms with Crippen LogP contribution in [0, 0.1) is 19.8 Å². The van der Waals surface area contributed by atoms with Gasteiger partial charge in [0.1, 0.15) is 5.75 Å². The molecule has 11 heteroatoms. The average Bonchev–Trinajstić information content (AvgIpc) is 3.29. The smallest absolute Gasteiger partial charge is 0.243 e. The third kappa shape index (κ3) is 6.28. The summed E-state index contributed by atoms with van der Waals surface area (Å²) >= 11 is 12.4. The number of anilines is 2. The molecular formula is C29H31Cl2N3O5S. The number of hydrogen-bond donors (Lipinski definition) is 1. The maximum atomic E-state index is 13.3. The van der Waals surface area contributed by atoms with Crippen molar-refractivity contribution in [1.29, 1.82) is 0 Å². The Balaban J connectivity index is 1.50. The Labute approximate surface area is 244 Å². The van der Waals surface area contributed by atoms with Gasteiger partial charge in [-0.1, -0.05) is 37.0 Å². The van der Waals surface area contributed by atoms with E-state index in [9.17, 15) is 18.0 Å². The molecule has 1 saturated heterocycles. The number of carbonyl (C=O) groups excluding carboxylic acids is 2. The highest BCUT2D eigenvalue weighted by atomic mass is 35.5. The molecule has 0 aromatic heterocycles. The van der Waals surface area contributed by atoms with Gasteiger partial charge < -0.3 is 15.0 Å². The van der Waals surface area contributed by atoms with Gasteiger partial charge in [0.2, 0.25) is 21.8 Å². The lowest BCUT2D eigenvalue weighted by atomic mass is 10.1. The molecule has 4 rings (SSSR count). The van der Waals surface area contributed by atoms with E-state index < -0.39 is 15.9 Å². The molecule has 0 aliphatic carbocycles. The largest absolute Gasteiger partial charge is 0.455 e. The molecular weight excluding hydrogens is 573 g/mol. The first-order valence-electron chi connectivity index (χ1n) is 12.9. The molecule has 0 saturated carbocycles. The van der Waals surface area contributed by atoms with E-state index >= 15 is 0 Å². The minimum absolute atomic E-state index is 0.0114. The molecule has 40 heavy (non-hydrogen) atoms. The number of ether oxygens (including phenoxy) is 1. The number of benzene rings is 3. The fraction of sp³-hybridized carbons (Fsp3) is 0.310. The first kappa shape index (κ1) is 29.9. The van der Waals surface area contributed by atoms with Crippen LogP contribution in [0.4, 0.5) is 11.4 Å². The van der Waals surface area contributed by atoms with Crippen LogP contribution in [-0.4, -0.2) is 44.2 Å². The number of halogens is 2. The zero-order valence-electron chi connectivity index (χ0n) is 22.7. The van der Waals surface area contributed by atoms with Gasteiger partial charge in [0.15, 0.2) is 5.75 Å². The lowest BCUT2D eigenvalue weighted by Crippen LogP contribution is -2.31. The molecule has 1 fully saturated rings. The summed E-state index contributed by atoms with van der Waals surface area (Å²) in [4.78, 5) is 27.8. The van der Waals surface area contributed by atoms with E-state index in [4.69, 9.17) is 27.9 Å². The first-order valence-corrected chi connectivity index (χ1v) is 15.1. The van der Waals surface area contributed by atoms with Crippen LogP contribution in [0.25, 0.3) is 0 Å². The van der Waals surface area contributed by atoms with Crippen molar-refractivity contribution in [3.05, 3.63) is 75.8 Å². The third-order valence-electron chi connectivity index (χ3n) is 6.82. The first-order chi connectivity index (χ1) is 18.9. The van der Waals surface area contributed by atoms with Gasteiger partial charge in [-0.2, -0.15) is 4.31 Å². The molecule has 1 atom stereocenters.